The van der Waals surface area contributed by atoms with Crippen molar-refractivity contribution in [2.45, 2.75) is 20.4 Å². The van der Waals surface area contributed by atoms with Crippen LogP contribution in [0, 0.1) is 6.92 Å². The molecular formula is C10H20N4. The van der Waals surface area contributed by atoms with Gasteiger partial charge in [-0.15, -0.1) is 0 Å². The number of nitrogens with zero attached hydrogens (tertiary/aromatic N) is 3. The fourth-order valence-electron chi connectivity index (χ4n) is 1.45. The first kappa shape index (κ1) is 11.0. The molecule has 0 aliphatic heterocycles. The lowest BCUT2D eigenvalue weighted by atomic mass is 10.5. The fraction of sp³-hybridized carbons (Fsp3) is 0.700. The molecule has 4 heteroatoms. The van der Waals surface area contributed by atoms with Gasteiger partial charge >= 0.3 is 0 Å². The summed E-state index contributed by atoms with van der Waals surface area (Å²) in [6.45, 7) is 7.09. The third-order valence-electron chi connectivity index (χ3n) is 2.26. The van der Waals surface area contributed by atoms with Gasteiger partial charge in [0.1, 0.15) is 0 Å². The fourth-order valence-corrected chi connectivity index (χ4v) is 1.45. The van der Waals surface area contributed by atoms with E-state index in [0.717, 1.165) is 31.3 Å². The number of aromatic nitrogens is 2. The van der Waals surface area contributed by atoms with Crippen LogP contribution in [0.25, 0.3) is 0 Å². The maximum atomic E-state index is 4.50. The number of nitrogens with one attached hydrogen (secondary N) is 1. The maximum Gasteiger partial charge on any atom is 0.205 e. The highest BCUT2D eigenvalue weighted by molar-refractivity contribution is 5.32. The summed E-state index contributed by atoms with van der Waals surface area (Å²) in [6.07, 6.45) is 2.09. The van der Waals surface area contributed by atoms with E-state index in [2.05, 4.69) is 39.9 Å². The predicted octanol–water partition coefficient (Wildman–Crippen LogP) is 0.867. The Morgan fingerprint density at radius 3 is 2.86 bits per heavy atom. The SMILES string of the molecule is CCn1cc(C)nc1N(C)CCNC. The molecule has 0 radical (unpaired) electrons. The molecule has 1 N–H and O–H groups in total. The number of hydrogen-bond donors (Lipinski definition) is 1. The van der Waals surface area contributed by atoms with Gasteiger partial charge in [-0.2, -0.15) is 0 Å². The molecule has 1 rings (SSSR count). The van der Waals surface area contributed by atoms with Crippen LogP contribution in [-0.2, 0) is 6.54 Å². The van der Waals surface area contributed by atoms with Gasteiger partial charge in [-0.3, -0.25) is 0 Å². The largest absolute Gasteiger partial charge is 0.344 e. The van der Waals surface area contributed by atoms with Crippen LogP contribution in [0.3, 0.4) is 0 Å². The zero-order valence-electron chi connectivity index (χ0n) is 9.54. The van der Waals surface area contributed by atoms with Crippen LogP contribution in [0.1, 0.15) is 12.6 Å². The van der Waals surface area contributed by atoms with Crippen molar-refractivity contribution in [3.05, 3.63) is 11.9 Å². The van der Waals surface area contributed by atoms with Gasteiger partial charge in [-0.05, 0) is 20.9 Å². The van der Waals surface area contributed by atoms with E-state index in [0.29, 0.717) is 0 Å². The second-order valence-corrected chi connectivity index (χ2v) is 3.49. The standard InChI is InChI=1S/C10H20N4/c1-5-14-8-9(2)12-10(14)13(4)7-6-11-3/h8,11H,5-7H2,1-4H3. The number of hydrogen-bond acceptors (Lipinski definition) is 3. The third kappa shape index (κ3) is 2.48. The molecule has 0 fully saturated rings. The molecule has 0 atom stereocenters. The lowest BCUT2D eigenvalue weighted by Crippen LogP contribution is -2.29. The molecular weight excluding hydrogens is 176 g/mol. The molecule has 0 saturated heterocycles. The van der Waals surface area contributed by atoms with Gasteiger partial charge in [0.2, 0.25) is 5.95 Å². The number of likely N-dealkylation sites (N-methyl/N-ethyl adjacent to an activating group) is 2. The van der Waals surface area contributed by atoms with Crippen molar-refractivity contribution in [2.75, 3.05) is 32.1 Å². The topological polar surface area (TPSA) is 33.1 Å². The molecule has 4 nitrogen and oxygen atoms in total. The third-order valence-corrected chi connectivity index (χ3v) is 2.26. The summed E-state index contributed by atoms with van der Waals surface area (Å²) >= 11 is 0. The molecule has 1 aromatic heterocycles. The van der Waals surface area contributed by atoms with E-state index in [-0.39, 0.29) is 0 Å². The Morgan fingerprint density at radius 1 is 1.57 bits per heavy atom. The zero-order valence-corrected chi connectivity index (χ0v) is 9.54. The van der Waals surface area contributed by atoms with Gasteiger partial charge in [0, 0.05) is 32.9 Å². The van der Waals surface area contributed by atoms with E-state index >= 15 is 0 Å². The molecule has 1 heterocycles. The van der Waals surface area contributed by atoms with Crippen molar-refractivity contribution in [3.8, 4) is 0 Å². The Kier molecular flexibility index (Phi) is 3.95. The number of imidazole rings is 1. The van der Waals surface area contributed by atoms with Crippen molar-refractivity contribution >= 4 is 5.95 Å². The quantitative estimate of drug-likeness (QED) is 0.758. The first-order valence-corrected chi connectivity index (χ1v) is 5.08. The van der Waals surface area contributed by atoms with Crippen LogP contribution < -0.4 is 10.2 Å². The summed E-state index contributed by atoms with van der Waals surface area (Å²) in [5.41, 5.74) is 1.08. The van der Waals surface area contributed by atoms with E-state index in [1.54, 1.807) is 0 Å². The molecule has 0 amide bonds. The molecule has 0 bridgehead atoms. The number of aryl methyl sites for hydroxylation is 2. The van der Waals surface area contributed by atoms with Crippen LogP contribution in [-0.4, -0.2) is 36.7 Å². The summed E-state index contributed by atoms with van der Waals surface area (Å²) in [7, 11) is 4.04. The molecule has 0 unspecified atom stereocenters. The minimum atomic E-state index is 0.972. The molecule has 0 aliphatic carbocycles. The van der Waals surface area contributed by atoms with Gasteiger partial charge < -0.3 is 14.8 Å². The van der Waals surface area contributed by atoms with E-state index in [1.165, 1.54) is 0 Å². The first-order valence-electron chi connectivity index (χ1n) is 5.08. The van der Waals surface area contributed by atoms with E-state index in [4.69, 9.17) is 0 Å². The Labute approximate surface area is 85.9 Å². The predicted molar refractivity (Wildman–Crippen MR) is 59.8 cm³/mol. The van der Waals surface area contributed by atoms with Gasteiger partial charge in [-0.1, -0.05) is 0 Å². The lowest BCUT2D eigenvalue weighted by Gasteiger charge is -2.18. The van der Waals surface area contributed by atoms with Crippen LogP contribution in [0.15, 0.2) is 6.20 Å². The smallest absolute Gasteiger partial charge is 0.205 e. The van der Waals surface area contributed by atoms with Crippen LogP contribution in [0.4, 0.5) is 5.95 Å². The average molecular weight is 196 g/mol. The molecule has 0 spiro atoms. The van der Waals surface area contributed by atoms with E-state index in [1.807, 2.05) is 14.0 Å². The molecule has 0 aromatic carbocycles. The molecule has 14 heavy (non-hydrogen) atoms. The van der Waals surface area contributed by atoms with Crippen molar-refractivity contribution in [1.29, 1.82) is 0 Å². The van der Waals surface area contributed by atoms with Crippen molar-refractivity contribution in [1.82, 2.24) is 14.9 Å². The van der Waals surface area contributed by atoms with Crippen molar-refractivity contribution in [2.24, 2.45) is 0 Å². The summed E-state index contributed by atoms with van der Waals surface area (Å²) in [5.74, 6) is 1.06. The highest BCUT2D eigenvalue weighted by Gasteiger charge is 2.08. The Hall–Kier alpha value is -1.03. The highest BCUT2D eigenvalue weighted by Crippen LogP contribution is 2.11. The minimum absolute atomic E-state index is 0.972. The molecule has 80 valence electrons. The molecule has 0 aliphatic rings. The second kappa shape index (κ2) is 5.00. The van der Waals surface area contributed by atoms with E-state index in [9.17, 15) is 0 Å². The van der Waals surface area contributed by atoms with Gasteiger partial charge in [0.25, 0.3) is 0 Å². The summed E-state index contributed by atoms with van der Waals surface area (Å²) < 4.78 is 2.17. The monoisotopic (exact) mass is 196 g/mol. The lowest BCUT2D eigenvalue weighted by molar-refractivity contribution is 0.701. The molecule has 1 aromatic rings. The van der Waals surface area contributed by atoms with Crippen LogP contribution >= 0.6 is 0 Å². The van der Waals surface area contributed by atoms with Gasteiger partial charge in [0.05, 0.1) is 5.69 Å². The first-order chi connectivity index (χ1) is 6.69. The minimum Gasteiger partial charge on any atom is -0.344 e. The maximum absolute atomic E-state index is 4.50. The summed E-state index contributed by atoms with van der Waals surface area (Å²) in [6, 6.07) is 0. The number of rotatable bonds is 5. The van der Waals surface area contributed by atoms with Crippen LogP contribution in [0.5, 0.6) is 0 Å². The second-order valence-electron chi connectivity index (χ2n) is 3.49. The van der Waals surface area contributed by atoms with Crippen LogP contribution in [0.2, 0.25) is 0 Å². The zero-order chi connectivity index (χ0) is 10.6. The Bertz CT molecular complexity index is 280. The summed E-state index contributed by atoms with van der Waals surface area (Å²) in [4.78, 5) is 6.67. The van der Waals surface area contributed by atoms with Crippen molar-refractivity contribution < 1.29 is 0 Å². The van der Waals surface area contributed by atoms with Gasteiger partial charge in [0.15, 0.2) is 0 Å². The Morgan fingerprint density at radius 2 is 2.29 bits per heavy atom. The number of anilines is 1. The van der Waals surface area contributed by atoms with E-state index < -0.39 is 0 Å². The highest BCUT2D eigenvalue weighted by atomic mass is 15.3. The normalized spacial score (nSPS) is 10.6. The molecule has 0 saturated carbocycles. The Balaban J connectivity index is 2.72. The summed E-state index contributed by atoms with van der Waals surface area (Å²) in [5, 5.41) is 3.13. The van der Waals surface area contributed by atoms with Crippen molar-refractivity contribution in [3.63, 3.8) is 0 Å². The average Bonchev–Trinajstić information content (AvgIpc) is 2.56. The van der Waals surface area contributed by atoms with Gasteiger partial charge in [-0.25, -0.2) is 4.98 Å².